The fourth-order valence-electron chi connectivity index (χ4n) is 3.93. The van der Waals surface area contributed by atoms with Gasteiger partial charge in [-0.15, -0.1) is 0 Å². The molecule has 0 radical (unpaired) electrons. The number of aryl methyl sites for hydroxylation is 2. The molecule has 2 aromatic carbocycles. The summed E-state index contributed by atoms with van der Waals surface area (Å²) in [5.74, 6) is 0.131. The Morgan fingerprint density at radius 2 is 1.73 bits per heavy atom. The number of ether oxygens (including phenoxy) is 3. The van der Waals surface area contributed by atoms with Gasteiger partial charge in [-0.25, -0.2) is 14.5 Å². The lowest BCUT2D eigenvalue weighted by Gasteiger charge is -2.21. The van der Waals surface area contributed by atoms with E-state index in [2.05, 4.69) is 0 Å². The van der Waals surface area contributed by atoms with Gasteiger partial charge in [0.05, 0.1) is 6.04 Å². The molecule has 0 saturated carbocycles. The molecule has 1 saturated heterocycles. The van der Waals surface area contributed by atoms with Crippen molar-refractivity contribution in [3.63, 3.8) is 0 Å². The molecular formula is C26H31NO6. The standard InChI is InChI=1S/C26H31NO6/c1-17-13-21(32-25(30)33-26(3,4)5)14-18(2)22(17)11-12-23(28)27-20(16-31-24(27)29)15-19-9-7-6-8-10-19/h6-10,13-14,20H,11-12,15-16H2,1-5H3/t20-/m0/s1. The third-order valence-electron chi connectivity index (χ3n) is 5.39. The van der Waals surface area contributed by atoms with E-state index >= 15 is 0 Å². The molecule has 33 heavy (non-hydrogen) atoms. The molecule has 0 aliphatic carbocycles. The maximum Gasteiger partial charge on any atom is 0.514 e. The quantitative estimate of drug-likeness (QED) is 0.445. The van der Waals surface area contributed by atoms with Crippen molar-refractivity contribution in [1.82, 2.24) is 4.90 Å². The second-order valence-corrected chi connectivity index (χ2v) is 9.29. The zero-order valence-corrected chi connectivity index (χ0v) is 19.8. The highest BCUT2D eigenvalue weighted by molar-refractivity contribution is 5.93. The first-order valence-corrected chi connectivity index (χ1v) is 11.1. The second kappa shape index (κ2) is 10.1. The highest BCUT2D eigenvalue weighted by Gasteiger charge is 2.37. The molecule has 0 unspecified atom stereocenters. The van der Waals surface area contributed by atoms with E-state index < -0.39 is 17.8 Å². The van der Waals surface area contributed by atoms with E-state index in [1.807, 2.05) is 44.2 Å². The molecule has 7 nitrogen and oxygen atoms in total. The van der Waals surface area contributed by atoms with Crippen molar-refractivity contribution in [3.8, 4) is 5.75 Å². The number of carbonyl (C=O) groups excluding carboxylic acids is 3. The predicted molar refractivity (Wildman–Crippen MR) is 123 cm³/mol. The number of hydrogen-bond donors (Lipinski definition) is 0. The number of hydrogen-bond acceptors (Lipinski definition) is 6. The topological polar surface area (TPSA) is 82.1 Å². The predicted octanol–water partition coefficient (Wildman–Crippen LogP) is 5.14. The number of imide groups is 1. The van der Waals surface area contributed by atoms with Crippen LogP contribution in [0.25, 0.3) is 0 Å². The van der Waals surface area contributed by atoms with Crippen LogP contribution < -0.4 is 4.74 Å². The molecule has 176 valence electrons. The minimum atomic E-state index is -0.763. The molecule has 2 aromatic rings. The van der Waals surface area contributed by atoms with Crippen LogP contribution in [-0.2, 0) is 27.1 Å². The summed E-state index contributed by atoms with van der Waals surface area (Å²) >= 11 is 0. The van der Waals surface area contributed by atoms with Crippen LogP contribution in [0, 0.1) is 13.8 Å². The largest absolute Gasteiger partial charge is 0.514 e. The minimum absolute atomic E-state index is 0.175. The van der Waals surface area contributed by atoms with E-state index in [4.69, 9.17) is 14.2 Å². The van der Waals surface area contributed by atoms with Crippen LogP contribution in [0.2, 0.25) is 0 Å². The number of amides is 2. The Balaban J connectivity index is 1.64. The summed E-state index contributed by atoms with van der Waals surface area (Å²) in [7, 11) is 0. The maximum absolute atomic E-state index is 12.9. The van der Waals surface area contributed by atoms with Gasteiger partial charge >= 0.3 is 12.2 Å². The normalized spacial score (nSPS) is 15.8. The highest BCUT2D eigenvalue weighted by atomic mass is 16.7. The van der Waals surface area contributed by atoms with Crippen LogP contribution in [0.1, 0.15) is 49.4 Å². The van der Waals surface area contributed by atoms with Crippen molar-refractivity contribution in [3.05, 3.63) is 64.7 Å². The number of rotatable bonds is 6. The molecule has 1 heterocycles. The summed E-state index contributed by atoms with van der Waals surface area (Å²) in [6.45, 7) is 9.31. The monoisotopic (exact) mass is 453 g/mol. The summed E-state index contributed by atoms with van der Waals surface area (Å²) in [4.78, 5) is 38.4. The van der Waals surface area contributed by atoms with Crippen LogP contribution >= 0.6 is 0 Å². The average Bonchev–Trinajstić information content (AvgIpc) is 3.06. The molecule has 2 amide bonds. The Labute approximate surface area is 194 Å². The lowest BCUT2D eigenvalue weighted by Crippen LogP contribution is -2.40. The van der Waals surface area contributed by atoms with Crippen molar-refractivity contribution >= 4 is 18.2 Å². The van der Waals surface area contributed by atoms with Gasteiger partial charge in [-0.2, -0.15) is 0 Å². The van der Waals surface area contributed by atoms with E-state index in [0.29, 0.717) is 18.6 Å². The zero-order chi connectivity index (χ0) is 24.2. The smallest absolute Gasteiger partial charge is 0.447 e. The van der Waals surface area contributed by atoms with Gasteiger partial charge < -0.3 is 14.2 Å². The van der Waals surface area contributed by atoms with Crippen LogP contribution in [0.4, 0.5) is 9.59 Å². The summed E-state index contributed by atoms with van der Waals surface area (Å²) in [5, 5.41) is 0. The Bertz CT molecular complexity index is 1000. The fraction of sp³-hybridized carbons (Fsp3) is 0.423. The molecule has 0 N–H and O–H groups in total. The van der Waals surface area contributed by atoms with E-state index in [0.717, 1.165) is 22.3 Å². The van der Waals surface area contributed by atoms with Crippen LogP contribution in [0.15, 0.2) is 42.5 Å². The first-order valence-electron chi connectivity index (χ1n) is 11.1. The van der Waals surface area contributed by atoms with Gasteiger partial charge in [0.25, 0.3) is 0 Å². The van der Waals surface area contributed by atoms with Crippen LogP contribution in [-0.4, -0.2) is 41.3 Å². The van der Waals surface area contributed by atoms with Gasteiger partial charge in [-0.1, -0.05) is 30.3 Å². The van der Waals surface area contributed by atoms with Crippen molar-refractivity contribution in [2.45, 2.75) is 65.5 Å². The van der Waals surface area contributed by atoms with Crippen molar-refractivity contribution in [1.29, 1.82) is 0 Å². The third-order valence-corrected chi connectivity index (χ3v) is 5.39. The summed E-state index contributed by atoms with van der Waals surface area (Å²) in [6, 6.07) is 12.9. The molecule has 1 atom stereocenters. The molecular weight excluding hydrogens is 422 g/mol. The molecule has 0 spiro atoms. The van der Waals surface area contributed by atoms with Gasteiger partial charge in [-0.3, -0.25) is 4.79 Å². The van der Waals surface area contributed by atoms with Gasteiger partial charge in [0, 0.05) is 6.42 Å². The summed E-state index contributed by atoms with van der Waals surface area (Å²) < 4.78 is 15.7. The van der Waals surface area contributed by atoms with Gasteiger partial charge in [0.1, 0.15) is 18.0 Å². The molecule has 0 bridgehead atoms. The van der Waals surface area contributed by atoms with Gasteiger partial charge in [-0.05, 0) is 81.8 Å². The van der Waals surface area contributed by atoms with Crippen molar-refractivity contribution in [2.24, 2.45) is 0 Å². The highest BCUT2D eigenvalue weighted by Crippen LogP contribution is 2.25. The van der Waals surface area contributed by atoms with E-state index in [1.165, 1.54) is 4.90 Å². The second-order valence-electron chi connectivity index (χ2n) is 9.29. The molecule has 1 fully saturated rings. The van der Waals surface area contributed by atoms with Crippen LogP contribution in [0.3, 0.4) is 0 Å². The fourth-order valence-corrected chi connectivity index (χ4v) is 3.93. The molecule has 7 heteroatoms. The molecule has 0 aromatic heterocycles. The Morgan fingerprint density at radius 1 is 1.09 bits per heavy atom. The van der Waals surface area contributed by atoms with Crippen molar-refractivity contribution in [2.75, 3.05) is 6.61 Å². The van der Waals surface area contributed by atoms with E-state index in [1.54, 1.807) is 32.9 Å². The number of benzene rings is 2. The van der Waals surface area contributed by atoms with Gasteiger partial charge in [0.2, 0.25) is 5.91 Å². The third kappa shape index (κ3) is 6.57. The first-order chi connectivity index (χ1) is 15.5. The van der Waals surface area contributed by atoms with E-state index in [9.17, 15) is 14.4 Å². The summed E-state index contributed by atoms with van der Waals surface area (Å²) in [5.41, 5.74) is 3.17. The number of cyclic esters (lactones) is 1. The van der Waals surface area contributed by atoms with E-state index in [-0.39, 0.29) is 25.0 Å². The van der Waals surface area contributed by atoms with Gasteiger partial charge in [0.15, 0.2) is 0 Å². The lowest BCUT2D eigenvalue weighted by atomic mass is 9.97. The minimum Gasteiger partial charge on any atom is -0.447 e. The Hall–Kier alpha value is -3.35. The molecule has 3 rings (SSSR count). The lowest BCUT2D eigenvalue weighted by molar-refractivity contribution is -0.129. The first kappa shape index (κ1) is 24.3. The molecule has 1 aliphatic heterocycles. The Kier molecular flexibility index (Phi) is 7.41. The Morgan fingerprint density at radius 3 is 2.33 bits per heavy atom. The maximum atomic E-state index is 12.9. The number of nitrogens with zero attached hydrogens (tertiary/aromatic N) is 1. The zero-order valence-electron chi connectivity index (χ0n) is 19.8. The van der Waals surface area contributed by atoms with Crippen LogP contribution in [0.5, 0.6) is 5.75 Å². The summed E-state index contributed by atoms with van der Waals surface area (Å²) in [6.07, 6.45) is -0.149. The number of carbonyl (C=O) groups is 3. The average molecular weight is 454 g/mol. The SMILES string of the molecule is Cc1cc(OC(=O)OC(C)(C)C)cc(C)c1CCC(=O)N1C(=O)OC[C@@H]1Cc1ccccc1. The molecule has 1 aliphatic rings. The van der Waals surface area contributed by atoms with Crippen molar-refractivity contribution < 1.29 is 28.6 Å².